The van der Waals surface area contributed by atoms with Crippen molar-refractivity contribution in [2.75, 3.05) is 0 Å². The van der Waals surface area contributed by atoms with E-state index in [4.69, 9.17) is 16.3 Å². The Labute approximate surface area is 113 Å². The average molecular weight is 270 g/mol. The zero-order valence-electron chi connectivity index (χ0n) is 11.3. The molecule has 0 radical (unpaired) electrons. The fourth-order valence-electron chi connectivity index (χ4n) is 1.58. The molecule has 1 aromatic carbocycles. The van der Waals surface area contributed by atoms with Gasteiger partial charge in [0.05, 0.1) is 0 Å². The molecule has 4 heteroatoms. The largest absolute Gasteiger partial charge is 0.444 e. The van der Waals surface area contributed by atoms with E-state index in [0.717, 1.165) is 12.0 Å². The lowest BCUT2D eigenvalue weighted by molar-refractivity contribution is 0.0508. The third kappa shape index (κ3) is 5.92. The minimum Gasteiger partial charge on any atom is -0.444 e. The van der Waals surface area contributed by atoms with Gasteiger partial charge in [-0.1, -0.05) is 23.7 Å². The van der Waals surface area contributed by atoms with Gasteiger partial charge in [-0.25, -0.2) is 4.79 Å². The van der Waals surface area contributed by atoms with Crippen molar-refractivity contribution in [2.45, 2.75) is 45.8 Å². The minimum atomic E-state index is -0.472. The maximum Gasteiger partial charge on any atom is 0.407 e. The van der Waals surface area contributed by atoms with Crippen LogP contribution in [0.15, 0.2) is 24.3 Å². The SMILES string of the molecule is CC(Cc1cccc(Cl)c1)NC(=O)OC(C)(C)C. The summed E-state index contributed by atoms with van der Waals surface area (Å²) in [6, 6.07) is 7.61. The Morgan fingerprint density at radius 3 is 2.67 bits per heavy atom. The maximum atomic E-state index is 11.6. The molecule has 0 aliphatic heterocycles. The van der Waals surface area contributed by atoms with Gasteiger partial charge in [0.25, 0.3) is 0 Å². The van der Waals surface area contributed by atoms with Gasteiger partial charge in [-0.05, 0) is 51.8 Å². The third-order valence-electron chi connectivity index (χ3n) is 2.19. The lowest BCUT2D eigenvalue weighted by Gasteiger charge is -2.22. The van der Waals surface area contributed by atoms with Crippen molar-refractivity contribution in [3.63, 3.8) is 0 Å². The highest BCUT2D eigenvalue weighted by Gasteiger charge is 2.17. The number of carbonyl (C=O) groups excluding carboxylic acids is 1. The predicted molar refractivity (Wildman–Crippen MR) is 74.0 cm³/mol. The van der Waals surface area contributed by atoms with E-state index in [2.05, 4.69) is 5.32 Å². The van der Waals surface area contributed by atoms with E-state index < -0.39 is 11.7 Å². The summed E-state index contributed by atoms with van der Waals surface area (Å²) in [5, 5.41) is 3.51. The molecule has 3 nitrogen and oxygen atoms in total. The molecule has 1 rings (SSSR count). The van der Waals surface area contributed by atoms with E-state index in [1.165, 1.54) is 0 Å². The summed E-state index contributed by atoms with van der Waals surface area (Å²) in [6.45, 7) is 7.46. The first-order chi connectivity index (χ1) is 8.26. The Bertz CT molecular complexity index is 413. The molecule has 0 aromatic heterocycles. The van der Waals surface area contributed by atoms with Gasteiger partial charge in [0.15, 0.2) is 0 Å². The number of alkyl carbamates (subject to hydrolysis) is 1. The van der Waals surface area contributed by atoms with Gasteiger partial charge < -0.3 is 10.1 Å². The number of halogens is 1. The molecule has 1 N–H and O–H groups in total. The van der Waals surface area contributed by atoms with Gasteiger partial charge in [-0.15, -0.1) is 0 Å². The van der Waals surface area contributed by atoms with Crippen LogP contribution in [0, 0.1) is 0 Å². The van der Waals surface area contributed by atoms with Crippen LogP contribution in [0.1, 0.15) is 33.3 Å². The topological polar surface area (TPSA) is 38.3 Å². The summed E-state index contributed by atoms with van der Waals surface area (Å²) < 4.78 is 5.19. The summed E-state index contributed by atoms with van der Waals surface area (Å²) >= 11 is 5.91. The first-order valence-electron chi connectivity index (χ1n) is 6.00. The molecule has 0 bridgehead atoms. The first kappa shape index (κ1) is 14.8. The number of benzene rings is 1. The maximum absolute atomic E-state index is 11.6. The molecule has 0 aliphatic carbocycles. The lowest BCUT2D eigenvalue weighted by atomic mass is 10.1. The van der Waals surface area contributed by atoms with Crippen LogP contribution in [0.2, 0.25) is 5.02 Å². The fraction of sp³-hybridized carbons (Fsp3) is 0.500. The second-order valence-electron chi connectivity index (χ2n) is 5.38. The van der Waals surface area contributed by atoms with Crippen molar-refractivity contribution >= 4 is 17.7 Å². The van der Waals surface area contributed by atoms with Crippen molar-refractivity contribution in [2.24, 2.45) is 0 Å². The van der Waals surface area contributed by atoms with Crippen molar-refractivity contribution < 1.29 is 9.53 Å². The van der Waals surface area contributed by atoms with E-state index >= 15 is 0 Å². The van der Waals surface area contributed by atoms with E-state index in [1.54, 1.807) is 0 Å². The van der Waals surface area contributed by atoms with Crippen molar-refractivity contribution in [1.82, 2.24) is 5.32 Å². The average Bonchev–Trinajstić information content (AvgIpc) is 2.13. The number of carbonyl (C=O) groups is 1. The highest BCUT2D eigenvalue weighted by molar-refractivity contribution is 6.30. The molecule has 0 spiro atoms. The highest BCUT2D eigenvalue weighted by Crippen LogP contribution is 2.12. The third-order valence-corrected chi connectivity index (χ3v) is 2.43. The van der Waals surface area contributed by atoms with Gasteiger partial charge in [0.2, 0.25) is 0 Å². The zero-order valence-corrected chi connectivity index (χ0v) is 12.0. The highest BCUT2D eigenvalue weighted by atomic mass is 35.5. The molecule has 0 aliphatic rings. The van der Waals surface area contributed by atoms with Crippen LogP contribution in [-0.4, -0.2) is 17.7 Å². The molecule has 0 heterocycles. The van der Waals surface area contributed by atoms with Crippen molar-refractivity contribution in [3.8, 4) is 0 Å². The van der Waals surface area contributed by atoms with E-state index in [0.29, 0.717) is 5.02 Å². The molecule has 100 valence electrons. The Hall–Kier alpha value is -1.22. The minimum absolute atomic E-state index is 0.00156. The van der Waals surface area contributed by atoms with Gasteiger partial charge >= 0.3 is 6.09 Å². The predicted octanol–water partition coefficient (Wildman–Crippen LogP) is 3.80. The summed E-state index contributed by atoms with van der Waals surface area (Å²) in [7, 11) is 0. The molecular weight excluding hydrogens is 250 g/mol. The summed E-state index contributed by atoms with van der Waals surface area (Å²) in [4.78, 5) is 11.6. The van der Waals surface area contributed by atoms with Crippen LogP contribution in [0.25, 0.3) is 0 Å². The molecule has 0 saturated carbocycles. The van der Waals surface area contributed by atoms with Crippen molar-refractivity contribution in [3.05, 3.63) is 34.9 Å². The van der Waals surface area contributed by atoms with Crippen LogP contribution >= 0.6 is 11.6 Å². The normalized spacial score (nSPS) is 12.9. The summed E-state index contributed by atoms with van der Waals surface area (Å²) in [6.07, 6.45) is 0.330. The second-order valence-corrected chi connectivity index (χ2v) is 5.82. The smallest absolute Gasteiger partial charge is 0.407 e. The Balaban J connectivity index is 2.47. The van der Waals surface area contributed by atoms with Gasteiger partial charge in [0, 0.05) is 11.1 Å². The lowest BCUT2D eigenvalue weighted by Crippen LogP contribution is -2.38. The number of amides is 1. The zero-order chi connectivity index (χ0) is 13.8. The summed E-state index contributed by atoms with van der Waals surface area (Å²) in [5.41, 5.74) is 0.617. The van der Waals surface area contributed by atoms with Crippen LogP contribution in [0.5, 0.6) is 0 Å². The van der Waals surface area contributed by atoms with Gasteiger partial charge in [-0.2, -0.15) is 0 Å². The Kier molecular flexibility index (Phi) is 5.03. The van der Waals surface area contributed by atoms with Crippen LogP contribution < -0.4 is 5.32 Å². The molecule has 1 atom stereocenters. The van der Waals surface area contributed by atoms with Crippen molar-refractivity contribution in [1.29, 1.82) is 0 Å². The van der Waals surface area contributed by atoms with E-state index in [1.807, 2.05) is 52.0 Å². The molecule has 1 aromatic rings. The number of nitrogens with one attached hydrogen (secondary N) is 1. The van der Waals surface area contributed by atoms with Gasteiger partial charge in [0.1, 0.15) is 5.60 Å². The Morgan fingerprint density at radius 2 is 2.11 bits per heavy atom. The number of ether oxygens (including phenoxy) is 1. The molecule has 1 unspecified atom stereocenters. The number of hydrogen-bond acceptors (Lipinski definition) is 2. The fourth-order valence-corrected chi connectivity index (χ4v) is 1.79. The van der Waals surface area contributed by atoms with Gasteiger partial charge in [-0.3, -0.25) is 0 Å². The first-order valence-corrected chi connectivity index (χ1v) is 6.38. The monoisotopic (exact) mass is 269 g/mol. The van der Waals surface area contributed by atoms with E-state index in [9.17, 15) is 4.79 Å². The van der Waals surface area contributed by atoms with Crippen LogP contribution in [0.3, 0.4) is 0 Å². The van der Waals surface area contributed by atoms with E-state index in [-0.39, 0.29) is 6.04 Å². The standard InChI is InChI=1S/C14H20ClNO2/c1-10(16-13(17)18-14(2,3)4)8-11-6-5-7-12(15)9-11/h5-7,9-10H,8H2,1-4H3,(H,16,17). The summed E-state index contributed by atoms with van der Waals surface area (Å²) in [5.74, 6) is 0. The van der Waals surface area contributed by atoms with Crippen LogP contribution in [0.4, 0.5) is 4.79 Å². The quantitative estimate of drug-likeness (QED) is 0.906. The number of hydrogen-bond donors (Lipinski definition) is 1. The molecule has 18 heavy (non-hydrogen) atoms. The molecule has 0 fully saturated rings. The second kappa shape index (κ2) is 6.10. The molecule has 0 saturated heterocycles. The molecular formula is C14H20ClNO2. The Morgan fingerprint density at radius 1 is 1.44 bits per heavy atom. The number of rotatable bonds is 3. The molecule has 1 amide bonds. The van der Waals surface area contributed by atoms with Crippen LogP contribution in [-0.2, 0) is 11.2 Å².